The Balaban J connectivity index is 1.41. The first kappa shape index (κ1) is 20.4. The van der Waals surface area contributed by atoms with E-state index in [2.05, 4.69) is 78.2 Å². The molecule has 1 aliphatic heterocycles. The summed E-state index contributed by atoms with van der Waals surface area (Å²) in [6, 6.07) is 23.0. The van der Waals surface area contributed by atoms with Crippen LogP contribution >= 0.6 is 0 Å². The Morgan fingerprint density at radius 3 is 2.59 bits per heavy atom. The van der Waals surface area contributed by atoms with Crippen molar-refractivity contribution in [3.05, 3.63) is 101 Å². The van der Waals surface area contributed by atoms with Crippen LogP contribution in [-0.2, 0) is 0 Å². The van der Waals surface area contributed by atoms with E-state index in [9.17, 15) is 4.79 Å². The molecule has 32 heavy (non-hydrogen) atoms. The van der Waals surface area contributed by atoms with Crippen LogP contribution in [0.2, 0.25) is 0 Å². The van der Waals surface area contributed by atoms with E-state index in [-0.39, 0.29) is 11.9 Å². The van der Waals surface area contributed by atoms with Crippen LogP contribution in [0, 0.1) is 12.8 Å². The third kappa shape index (κ3) is 3.77. The number of hydrogen-bond donors (Lipinski definition) is 2. The van der Waals surface area contributed by atoms with Crippen LogP contribution < -0.4 is 15.5 Å². The standard InChI is InChI=1S/C28H29N3O/c1-18-6-4-7-20(16-18)28(32)29-21-12-15-26-25(17-21)23-8-5-9-24(23)27(30-26)19-10-13-22(14-11-19)31(2)3/h4-8,10-17,23-24,27,30H,9H2,1-3H3,(H,29,32). The molecule has 0 fully saturated rings. The number of benzene rings is 3. The fourth-order valence-electron chi connectivity index (χ4n) is 4.97. The summed E-state index contributed by atoms with van der Waals surface area (Å²) in [6.45, 7) is 2.00. The summed E-state index contributed by atoms with van der Waals surface area (Å²) >= 11 is 0. The first-order valence-electron chi connectivity index (χ1n) is 11.2. The number of nitrogens with zero attached hydrogens (tertiary/aromatic N) is 1. The van der Waals surface area contributed by atoms with Gasteiger partial charge in [0.05, 0.1) is 6.04 Å². The Bertz CT molecular complexity index is 1180. The molecule has 1 aliphatic carbocycles. The largest absolute Gasteiger partial charge is 0.378 e. The normalized spacial score (nSPS) is 20.8. The number of rotatable bonds is 4. The molecule has 2 aliphatic rings. The summed E-state index contributed by atoms with van der Waals surface area (Å²) < 4.78 is 0. The van der Waals surface area contributed by atoms with E-state index in [1.807, 2.05) is 37.3 Å². The molecule has 3 aromatic rings. The Morgan fingerprint density at radius 1 is 1.03 bits per heavy atom. The van der Waals surface area contributed by atoms with Crippen molar-refractivity contribution in [2.75, 3.05) is 29.6 Å². The summed E-state index contributed by atoms with van der Waals surface area (Å²) in [5, 5.41) is 6.87. The van der Waals surface area contributed by atoms with Gasteiger partial charge in [0.15, 0.2) is 0 Å². The van der Waals surface area contributed by atoms with E-state index in [0.29, 0.717) is 17.4 Å². The minimum atomic E-state index is -0.0743. The maximum atomic E-state index is 12.7. The lowest BCUT2D eigenvalue weighted by Crippen LogP contribution is -2.29. The molecule has 0 aromatic heterocycles. The van der Waals surface area contributed by atoms with Crippen LogP contribution in [0.15, 0.2) is 78.9 Å². The first-order chi connectivity index (χ1) is 15.5. The second-order valence-electron chi connectivity index (χ2n) is 9.09. The molecule has 0 radical (unpaired) electrons. The SMILES string of the molecule is Cc1cccc(C(=O)Nc2ccc3c(c2)C2C=CCC2C(c2ccc(N(C)C)cc2)N3)c1. The smallest absolute Gasteiger partial charge is 0.255 e. The van der Waals surface area contributed by atoms with Crippen LogP contribution in [0.3, 0.4) is 0 Å². The minimum absolute atomic E-state index is 0.0743. The number of anilines is 3. The summed E-state index contributed by atoms with van der Waals surface area (Å²) in [5.74, 6) is 0.741. The predicted octanol–water partition coefficient (Wildman–Crippen LogP) is 6.14. The summed E-state index contributed by atoms with van der Waals surface area (Å²) in [6.07, 6.45) is 5.68. The monoisotopic (exact) mass is 423 g/mol. The van der Waals surface area contributed by atoms with Gasteiger partial charge in [0.1, 0.15) is 0 Å². The Labute approximate surface area is 190 Å². The fourth-order valence-corrected chi connectivity index (χ4v) is 4.97. The lowest BCUT2D eigenvalue weighted by Gasteiger charge is -2.38. The van der Waals surface area contributed by atoms with E-state index in [0.717, 1.165) is 23.4 Å². The second kappa shape index (κ2) is 8.19. The van der Waals surface area contributed by atoms with Crippen LogP contribution in [0.5, 0.6) is 0 Å². The molecule has 0 saturated carbocycles. The average molecular weight is 424 g/mol. The molecule has 4 nitrogen and oxygen atoms in total. The number of aryl methyl sites for hydroxylation is 1. The maximum absolute atomic E-state index is 12.7. The highest BCUT2D eigenvalue weighted by atomic mass is 16.1. The van der Waals surface area contributed by atoms with Gasteiger partial charge >= 0.3 is 0 Å². The lowest BCUT2D eigenvalue weighted by atomic mass is 9.77. The summed E-state index contributed by atoms with van der Waals surface area (Å²) in [4.78, 5) is 14.9. The third-order valence-corrected chi connectivity index (χ3v) is 6.67. The van der Waals surface area contributed by atoms with Gasteiger partial charge in [-0.1, -0.05) is 42.0 Å². The van der Waals surface area contributed by atoms with Crippen molar-refractivity contribution in [2.24, 2.45) is 5.92 Å². The van der Waals surface area contributed by atoms with Crippen LogP contribution in [0.25, 0.3) is 0 Å². The Kier molecular flexibility index (Phi) is 5.22. The van der Waals surface area contributed by atoms with Crippen molar-refractivity contribution in [2.45, 2.75) is 25.3 Å². The maximum Gasteiger partial charge on any atom is 0.255 e. The Hall–Kier alpha value is -3.53. The zero-order valence-corrected chi connectivity index (χ0v) is 18.8. The number of allylic oxidation sites excluding steroid dienone is 2. The van der Waals surface area contributed by atoms with Crippen molar-refractivity contribution < 1.29 is 4.79 Å². The van der Waals surface area contributed by atoms with Crippen molar-refractivity contribution in [3.8, 4) is 0 Å². The number of amides is 1. The molecular weight excluding hydrogens is 394 g/mol. The third-order valence-electron chi connectivity index (χ3n) is 6.67. The average Bonchev–Trinajstić information content (AvgIpc) is 3.29. The molecule has 3 unspecified atom stereocenters. The molecule has 1 amide bonds. The highest BCUT2D eigenvalue weighted by Gasteiger charge is 2.38. The zero-order valence-electron chi connectivity index (χ0n) is 18.8. The van der Waals surface area contributed by atoms with Gasteiger partial charge in [-0.05, 0) is 72.9 Å². The summed E-state index contributed by atoms with van der Waals surface area (Å²) in [7, 11) is 4.13. The highest BCUT2D eigenvalue weighted by Crippen LogP contribution is 2.50. The van der Waals surface area contributed by atoms with E-state index in [1.165, 1.54) is 16.8 Å². The van der Waals surface area contributed by atoms with Crippen molar-refractivity contribution in [1.29, 1.82) is 0 Å². The fraction of sp³-hybridized carbons (Fsp3) is 0.250. The topological polar surface area (TPSA) is 44.4 Å². The second-order valence-corrected chi connectivity index (χ2v) is 9.09. The summed E-state index contributed by atoms with van der Waals surface area (Å²) in [5.41, 5.74) is 7.53. The van der Waals surface area contributed by atoms with Gasteiger partial charge in [0, 0.05) is 42.6 Å². The molecule has 4 heteroatoms. The quantitative estimate of drug-likeness (QED) is 0.496. The number of carbonyl (C=O) groups excluding carboxylic acids is 1. The van der Waals surface area contributed by atoms with E-state index >= 15 is 0 Å². The van der Waals surface area contributed by atoms with Crippen molar-refractivity contribution in [3.63, 3.8) is 0 Å². The number of nitrogens with one attached hydrogen (secondary N) is 2. The zero-order chi connectivity index (χ0) is 22.2. The van der Waals surface area contributed by atoms with E-state index in [1.54, 1.807) is 0 Å². The first-order valence-corrected chi connectivity index (χ1v) is 11.2. The highest BCUT2D eigenvalue weighted by molar-refractivity contribution is 6.04. The van der Waals surface area contributed by atoms with Gasteiger partial charge in [-0.2, -0.15) is 0 Å². The molecule has 0 spiro atoms. The van der Waals surface area contributed by atoms with Gasteiger partial charge in [-0.25, -0.2) is 0 Å². The molecule has 162 valence electrons. The number of fused-ring (bicyclic) bond motifs is 3. The molecule has 1 heterocycles. The van der Waals surface area contributed by atoms with Crippen LogP contribution in [0.4, 0.5) is 17.1 Å². The lowest BCUT2D eigenvalue weighted by molar-refractivity contribution is 0.102. The molecule has 3 aromatic carbocycles. The van der Waals surface area contributed by atoms with Gasteiger partial charge in [0.25, 0.3) is 5.91 Å². The van der Waals surface area contributed by atoms with E-state index in [4.69, 9.17) is 0 Å². The van der Waals surface area contributed by atoms with Gasteiger partial charge in [0.2, 0.25) is 0 Å². The number of hydrogen-bond acceptors (Lipinski definition) is 3. The van der Waals surface area contributed by atoms with Gasteiger partial charge in [-0.15, -0.1) is 0 Å². The molecule has 2 N–H and O–H groups in total. The Morgan fingerprint density at radius 2 is 1.84 bits per heavy atom. The van der Waals surface area contributed by atoms with Crippen molar-refractivity contribution >= 4 is 23.0 Å². The van der Waals surface area contributed by atoms with Gasteiger partial charge < -0.3 is 15.5 Å². The molecule has 5 rings (SSSR count). The predicted molar refractivity (Wildman–Crippen MR) is 133 cm³/mol. The van der Waals surface area contributed by atoms with Crippen molar-refractivity contribution in [1.82, 2.24) is 0 Å². The van der Waals surface area contributed by atoms with Gasteiger partial charge in [-0.3, -0.25) is 4.79 Å². The van der Waals surface area contributed by atoms with E-state index < -0.39 is 0 Å². The number of carbonyl (C=O) groups is 1. The molecule has 0 bridgehead atoms. The molecule has 3 atom stereocenters. The van der Waals surface area contributed by atoms with Crippen LogP contribution in [-0.4, -0.2) is 20.0 Å². The molecular formula is C28H29N3O. The van der Waals surface area contributed by atoms with Crippen LogP contribution in [0.1, 0.15) is 45.4 Å². The minimum Gasteiger partial charge on any atom is -0.378 e. The molecule has 0 saturated heterocycles.